The summed E-state index contributed by atoms with van der Waals surface area (Å²) >= 11 is 0. The molecule has 2 aliphatic rings. The van der Waals surface area contributed by atoms with E-state index in [-0.39, 0.29) is 24.4 Å². The normalized spacial score (nSPS) is 20.2. The average molecular weight is 463 g/mol. The number of hydrogen-bond donors (Lipinski definition) is 0. The van der Waals surface area contributed by atoms with Gasteiger partial charge in [-0.15, -0.1) is 0 Å². The van der Waals surface area contributed by atoms with Crippen molar-refractivity contribution < 1.29 is 14.2 Å². The molecule has 0 bridgehead atoms. The Labute approximate surface area is 207 Å². The second-order valence-electron chi connectivity index (χ2n) is 9.54. The van der Waals surface area contributed by atoms with Crippen LogP contribution < -0.4 is 0 Å². The number of benzene rings is 4. The smallest absolute Gasteiger partial charge is 0.112 e. The van der Waals surface area contributed by atoms with E-state index in [0.717, 1.165) is 26.1 Å². The van der Waals surface area contributed by atoms with Crippen molar-refractivity contribution in [2.45, 2.75) is 37.3 Å². The van der Waals surface area contributed by atoms with Gasteiger partial charge in [-0.25, -0.2) is 0 Å². The van der Waals surface area contributed by atoms with E-state index in [2.05, 4.69) is 109 Å². The highest BCUT2D eigenvalue weighted by Gasteiger charge is 2.42. The topological polar surface area (TPSA) is 34.3 Å². The third-order valence-corrected chi connectivity index (χ3v) is 6.75. The van der Waals surface area contributed by atoms with Crippen LogP contribution in [0.2, 0.25) is 0 Å². The van der Waals surface area contributed by atoms with Crippen LogP contribution in [-0.4, -0.2) is 25.4 Å². The molecule has 0 N–H and O–H groups in total. The molecule has 176 valence electrons. The summed E-state index contributed by atoms with van der Waals surface area (Å²) in [6.07, 6.45) is 1.77. The van der Waals surface area contributed by atoms with Crippen LogP contribution in [0.1, 0.15) is 45.6 Å². The zero-order chi connectivity index (χ0) is 23.5. The SMILES string of the molecule is c1ccc(Cc2cccc(C(OC(c3cccc(Cc4ccccc4)c3)C3CO3)C3CO3)c2)cc1. The minimum absolute atomic E-state index is 0.0933. The van der Waals surface area contributed by atoms with Crippen LogP contribution in [0.5, 0.6) is 0 Å². The molecule has 4 aromatic rings. The molecule has 35 heavy (non-hydrogen) atoms. The van der Waals surface area contributed by atoms with Crippen molar-refractivity contribution in [1.29, 1.82) is 0 Å². The Morgan fingerprint density at radius 1 is 0.543 bits per heavy atom. The van der Waals surface area contributed by atoms with Crippen molar-refractivity contribution in [3.8, 4) is 0 Å². The molecule has 0 saturated carbocycles. The number of epoxide rings is 2. The zero-order valence-electron chi connectivity index (χ0n) is 19.8. The fourth-order valence-electron chi connectivity index (χ4n) is 4.80. The lowest BCUT2D eigenvalue weighted by molar-refractivity contribution is -0.0419. The van der Waals surface area contributed by atoms with Crippen molar-refractivity contribution in [2.75, 3.05) is 13.2 Å². The van der Waals surface area contributed by atoms with Crippen LogP contribution in [0, 0.1) is 0 Å². The standard InChI is InChI=1S/C32H30O3/c1-3-9-23(10-4-1)17-25-13-7-15-27(19-25)31(29-21-33-29)35-32(30-22-34-30)28-16-8-14-26(20-28)18-24-11-5-2-6-12-24/h1-16,19-20,29-32H,17-18,21-22H2. The van der Waals surface area contributed by atoms with E-state index in [1.165, 1.54) is 33.4 Å². The van der Waals surface area contributed by atoms with Gasteiger partial charge in [0.15, 0.2) is 0 Å². The molecule has 0 aliphatic carbocycles. The maximum atomic E-state index is 6.83. The first-order valence-electron chi connectivity index (χ1n) is 12.5. The summed E-state index contributed by atoms with van der Waals surface area (Å²) in [7, 11) is 0. The first-order chi connectivity index (χ1) is 17.3. The van der Waals surface area contributed by atoms with Gasteiger partial charge >= 0.3 is 0 Å². The number of hydrogen-bond acceptors (Lipinski definition) is 3. The van der Waals surface area contributed by atoms with E-state index in [1.54, 1.807) is 0 Å². The fourth-order valence-corrected chi connectivity index (χ4v) is 4.80. The van der Waals surface area contributed by atoms with Crippen LogP contribution in [0.4, 0.5) is 0 Å². The second kappa shape index (κ2) is 10.2. The lowest BCUT2D eigenvalue weighted by Gasteiger charge is -2.24. The van der Waals surface area contributed by atoms with Crippen molar-refractivity contribution in [3.05, 3.63) is 143 Å². The third-order valence-electron chi connectivity index (χ3n) is 6.75. The molecule has 3 nitrogen and oxygen atoms in total. The van der Waals surface area contributed by atoms with Crippen LogP contribution in [0.25, 0.3) is 0 Å². The van der Waals surface area contributed by atoms with E-state index in [0.29, 0.717) is 0 Å². The first kappa shape index (κ1) is 22.2. The molecular formula is C32H30O3. The highest BCUT2D eigenvalue weighted by atomic mass is 16.6. The van der Waals surface area contributed by atoms with Crippen LogP contribution >= 0.6 is 0 Å². The van der Waals surface area contributed by atoms with E-state index in [9.17, 15) is 0 Å². The van der Waals surface area contributed by atoms with E-state index in [4.69, 9.17) is 14.2 Å². The van der Waals surface area contributed by atoms with Gasteiger partial charge in [-0.1, -0.05) is 109 Å². The lowest BCUT2D eigenvalue weighted by atomic mass is 9.97. The summed E-state index contributed by atoms with van der Waals surface area (Å²) in [5.74, 6) is 0. The summed E-state index contributed by atoms with van der Waals surface area (Å²) in [6, 6.07) is 38.7. The minimum Gasteiger partial charge on any atom is -0.370 e. The molecule has 2 aliphatic heterocycles. The highest BCUT2D eigenvalue weighted by molar-refractivity contribution is 5.33. The van der Waals surface area contributed by atoms with Crippen LogP contribution in [0.3, 0.4) is 0 Å². The van der Waals surface area contributed by atoms with Crippen molar-refractivity contribution >= 4 is 0 Å². The van der Waals surface area contributed by atoms with Crippen molar-refractivity contribution in [2.24, 2.45) is 0 Å². The van der Waals surface area contributed by atoms with E-state index >= 15 is 0 Å². The van der Waals surface area contributed by atoms with Crippen molar-refractivity contribution in [1.82, 2.24) is 0 Å². The predicted molar refractivity (Wildman–Crippen MR) is 137 cm³/mol. The third kappa shape index (κ3) is 5.71. The highest BCUT2D eigenvalue weighted by Crippen LogP contribution is 2.40. The van der Waals surface area contributed by atoms with Gasteiger partial charge in [0.05, 0.1) is 13.2 Å². The fraction of sp³-hybridized carbons (Fsp3) is 0.250. The van der Waals surface area contributed by atoms with Crippen LogP contribution in [0.15, 0.2) is 109 Å². The molecule has 3 heteroatoms. The molecule has 4 atom stereocenters. The molecular weight excluding hydrogens is 432 g/mol. The lowest BCUT2D eigenvalue weighted by Crippen LogP contribution is -2.19. The Morgan fingerprint density at radius 3 is 1.34 bits per heavy atom. The summed E-state index contributed by atoms with van der Waals surface area (Å²) in [6.45, 7) is 1.47. The maximum Gasteiger partial charge on any atom is 0.112 e. The second-order valence-corrected chi connectivity index (χ2v) is 9.54. The first-order valence-corrected chi connectivity index (χ1v) is 12.5. The van der Waals surface area contributed by atoms with E-state index < -0.39 is 0 Å². The van der Waals surface area contributed by atoms with Gasteiger partial charge in [0.1, 0.15) is 24.4 Å². The van der Waals surface area contributed by atoms with Gasteiger partial charge < -0.3 is 14.2 Å². The average Bonchev–Trinajstić information content (AvgIpc) is 3.81. The zero-order valence-corrected chi connectivity index (χ0v) is 19.8. The monoisotopic (exact) mass is 462 g/mol. The van der Waals surface area contributed by atoms with E-state index in [1.807, 2.05) is 0 Å². The Hall–Kier alpha value is -3.24. The Kier molecular flexibility index (Phi) is 6.46. The molecule has 2 saturated heterocycles. The molecule has 2 fully saturated rings. The van der Waals surface area contributed by atoms with Gasteiger partial charge in [-0.2, -0.15) is 0 Å². The Bertz CT molecular complexity index is 1150. The molecule has 0 amide bonds. The molecule has 2 heterocycles. The number of rotatable bonds is 10. The summed E-state index contributed by atoms with van der Waals surface area (Å²) in [5.41, 5.74) is 7.53. The molecule has 6 rings (SSSR count). The molecule has 4 aromatic carbocycles. The Morgan fingerprint density at radius 2 is 0.943 bits per heavy atom. The summed E-state index contributed by atoms with van der Waals surface area (Å²) in [5, 5.41) is 0. The molecule has 0 radical (unpaired) electrons. The molecule has 0 aromatic heterocycles. The van der Waals surface area contributed by atoms with Crippen LogP contribution in [-0.2, 0) is 27.1 Å². The van der Waals surface area contributed by atoms with Gasteiger partial charge in [0, 0.05) is 0 Å². The maximum absolute atomic E-state index is 6.83. The quantitative estimate of drug-likeness (QED) is 0.254. The summed E-state index contributed by atoms with van der Waals surface area (Å²) < 4.78 is 18.3. The van der Waals surface area contributed by atoms with Gasteiger partial charge in [-0.3, -0.25) is 0 Å². The number of ether oxygens (including phenoxy) is 3. The summed E-state index contributed by atoms with van der Waals surface area (Å²) in [4.78, 5) is 0. The minimum atomic E-state index is -0.113. The van der Waals surface area contributed by atoms with Crippen molar-refractivity contribution in [3.63, 3.8) is 0 Å². The van der Waals surface area contributed by atoms with Gasteiger partial charge in [-0.05, 0) is 46.2 Å². The Balaban J connectivity index is 1.23. The predicted octanol–water partition coefficient (Wildman–Crippen LogP) is 6.46. The molecule has 0 spiro atoms. The van der Waals surface area contributed by atoms with Gasteiger partial charge in [0.25, 0.3) is 0 Å². The molecule has 4 unspecified atom stereocenters. The van der Waals surface area contributed by atoms with Gasteiger partial charge in [0.2, 0.25) is 0 Å². The largest absolute Gasteiger partial charge is 0.370 e.